The van der Waals surface area contributed by atoms with Crippen molar-refractivity contribution < 1.29 is 4.79 Å². The summed E-state index contributed by atoms with van der Waals surface area (Å²) in [5.74, 6) is 2.16. The van der Waals surface area contributed by atoms with Gasteiger partial charge in [-0.2, -0.15) is 0 Å². The molecule has 16 heavy (non-hydrogen) atoms. The van der Waals surface area contributed by atoms with Gasteiger partial charge in [0.15, 0.2) is 0 Å². The molecule has 1 aliphatic rings. The van der Waals surface area contributed by atoms with E-state index in [0.29, 0.717) is 0 Å². The van der Waals surface area contributed by atoms with Crippen LogP contribution in [0.15, 0.2) is 12.2 Å². The standard InChI is InChI=1S/C13H23NOS/c1-2-3-4-5-6-7-8-9-13(15)14-10-11-16-12-14/h8-9H,2-7,10-12H2,1H3/b9-8+. The Bertz CT molecular complexity index is 222. The lowest BCUT2D eigenvalue weighted by atomic mass is 10.1. The van der Waals surface area contributed by atoms with Gasteiger partial charge in [-0.15, -0.1) is 11.8 Å². The molecule has 0 spiro atoms. The Morgan fingerprint density at radius 3 is 2.81 bits per heavy atom. The highest BCUT2D eigenvalue weighted by atomic mass is 32.2. The van der Waals surface area contributed by atoms with Gasteiger partial charge in [0.25, 0.3) is 0 Å². The number of thioether (sulfide) groups is 1. The molecule has 92 valence electrons. The summed E-state index contributed by atoms with van der Waals surface area (Å²) in [6, 6.07) is 0. The molecular weight excluding hydrogens is 218 g/mol. The van der Waals surface area contributed by atoms with E-state index in [-0.39, 0.29) is 5.91 Å². The Hall–Kier alpha value is -0.440. The first kappa shape index (κ1) is 13.6. The third kappa shape index (κ3) is 5.59. The predicted molar refractivity (Wildman–Crippen MR) is 71.6 cm³/mol. The van der Waals surface area contributed by atoms with Crippen LogP contribution in [0, 0.1) is 0 Å². The molecule has 0 unspecified atom stereocenters. The number of unbranched alkanes of at least 4 members (excludes halogenated alkanes) is 5. The molecule has 0 radical (unpaired) electrons. The normalized spacial score (nSPS) is 16.2. The first-order chi connectivity index (χ1) is 7.84. The number of amides is 1. The van der Waals surface area contributed by atoms with Crippen LogP contribution in [-0.2, 0) is 4.79 Å². The number of allylic oxidation sites excluding steroid dienone is 1. The number of hydrogen-bond donors (Lipinski definition) is 0. The van der Waals surface area contributed by atoms with Gasteiger partial charge in [0, 0.05) is 12.3 Å². The molecule has 3 heteroatoms. The van der Waals surface area contributed by atoms with Crippen molar-refractivity contribution in [1.82, 2.24) is 4.90 Å². The van der Waals surface area contributed by atoms with E-state index in [1.807, 2.05) is 22.7 Å². The van der Waals surface area contributed by atoms with Crippen molar-refractivity contribution in [3.8, 4) is 0 Å². The smallest absolute Gasteiger partial charge is 0.246 e. The van der Waals surface area contributed by atoms with Crippen LogP contribution in [0.25, 0.3) is 0 Å². The average molecular weight is 241 g/mol. The second-order valence-corrected chi connectivity index (χ2v) is 5.32. The second kappa shape index (κ2) is 8.68. The van der Waals surface area contributed by atoms with Crippen LogP contribution in [-0.4, -0.2) is 29.0 Å². The van der Waals surface area contributed by atoms with Gasteiger partial charge in [-0.3, -0.25) is 4.79 Å². The van der Waals surface area contributed by atoms with Gasteiger partial charge in [0.1, 0.15) is 0 Å². The van der Waals surface area contributed by atoms with Crippen LogP contribution in [0.3, 0.4) is 0 Å². The molecular formula is C13H23NOS. The number of rotatable bonds is 7. The average Bonchev–Trinajstić information content (AvgIpc) is 2.81. The minimum atomic E-state index is 0.193. The fraction of sp³-hybridized carbons (Fsp3) is 0.769. The molecule has 0 aromatic rings. The van der Waals surface area contributed by atoms with Gasteiger partial charge in [-0.25, -0.2) is 0 Å². The van der Waals surface area contributed by atoms with Crippen molar-refractivity contribution in [2.45, 2.75) is 45.4 Å². The summed E-state index contributed by atoms with van der Waals surface area (Å²) in [4.78, 5) is 13.5. The largest absolute Gasteiger partial charge is 0.329 e. The van der Waals surface area contributed by atoms with E-state index in [9.17, 15) is 4.79 Å². The summed E-state index contributed by atoms with van der Waals surface area (Å²) < 4.78 is 0. The van der Waals surface area contributed by atoms with Gasteiger partial charge >= 0.3 is 0 Å². The predicted octanol–water partition coefficient (Wildman–Crippen LogP) is 3.44. The van der Waals surface area contributed by atoms with Gasteiger partial charge in [-0.05, 0) is 18.9 Å². The van der Waals surface area contributed by atoms with Crippen molar-refractivity contribution >= 4 is 17.7 Å². The Labute approximate surface area is 103 Å². The molecule has 0 atom stereocenters. The lowest BCUT2D eigenvalue weighted by Gasteiger charge is -2.10. The molecule has 1 rings (SSSR count). The van der Waals surface area contributed by atoms with E-state index in [1.165, 1.54) is 32.1 Å². The van der Waals surface area contributed by atoms with Crippen LogP contribution in [0.1, 0.15) is 45.4 Å². The molecule has 0 bridgehead atoms. The van der Waals surface area contributed by atoms with E-state index in [1.54, 1.807) is 6.08 Å². The van der Waals surface area contributed by atoms with E-state index in [0.717, 1.165) is 24.6 Å². The summed E-state index contributed by atoms with van der Waals surface area (Å²) in [6.07, 6.45) is 11.3. The molecule has 1 fully saturated rings. The van der Waals surface area contributed by atoms with Gasteiger partial charge < -0.3 is 4.90 Å². The quantitative estimate of drug-likeness (QED) is 0.503. The molecule has 1 amide bonds. The van der Waals surface area contributed by atoms with Crippen molar-refractivity contribution in [3.05, 3.63) is 12.2 Å². The molecule has 0 aliphatic carbocycles. The fourth-order valence-electron chi connectivity index (χ4n) is 1.74. The number of nitrogens with zero attached hydrogens (tertiary/aromatic N) is 1. The van der Waals surface area contributed by atoms with Crippen LogP contribution >= 0.6 is 11.8 Å². The molecule has 1 aliphatic heterocycles. The summed E-state index contributed by atoms with van der Waals surface area (Å²) in [5, 5.41) is 0. The summed E-state index contributed by atoms with van der Waals surface area (Å²) in [7, 11) is 0. The van der Waals surface area contributed by atoms with Crippen molar-refractivity contribution in [1.29, 1.82) is 0 Å². The van der Waals surface area contributed by atoms with Crippen LogP contribution in [0.5, 0.6) is 0 Å². The summed E-state index contributed by atoms with van der Waals surface area (Å²) in [5.41, 5.74) is 0. The third-order valence-corrected chi connectivity index (χ3v) is 3.76. The maximum atomic E-state index is 11.6. The van der Waals surface area contributed by atoms with Gasteiger partial charge in [-0.1, -0.05) is 38.7 Å². The lowest BCUT2D eigenvalue weighted by Crippen LogP contribution is -2.25. The summed E-state index contributed by atoms with van der Waals surface area (Å²) >= 11 is 1.83. The molecule has 1 saturated heterocycles. The van der Waals surface area contributed by atoms with Crippen LogP contribution in [0.2, 0.25) is 0 Å². The minimum absolute atomic E-state index is 0.193. The van der Waals surface area contributed by atoms with Crippen LogP contribution in [0.4, 0.5) is 0 Å². The van der Waals surface area contributed by atoms with Gasteiger partial charge in [0.05, 0.1) is 5.88 Å². The molecule has 0 saturated carbocycles. The maximum absolute atomic E-state index is 11.6. The topological polar surface area (TPSA) is 20.3 Å². The van der Waals surface area contributed by atoms with E-state index in [4.69, 9.17) is 0 Å². The SMILES string of the molecule is CCCCCCC/C=C/C(=O)N1CCSC1. The lowest BCUT2D eigenvalue weighted by molar-refractivity contribution is -0.124. The highest BCUT2D eigenvalue weighted by Crippen LogP contribution is 2.13. The van der Waals surface area contributed by atoms with Crippen LogP contribution < -0.4 is 0 Å². The summed E-state index contributed by atoms with van der Waals surface area (Å²) in [6.45, 7) is 3.15. The monoisotopic (exact) mass is 241 g/mol. The Kier molecular flexibility index (Phi) is 7.39. The highest BCUT2D eigenvalue weighted by Gasteiger charge is 2.15. The second-order valence-electron chi connectivity index (χ2n) is 4.24. The van der Waals surface area contributed by atoms with E-state index in [2.05, 4.69) is 6.92 Å². The Morgan fingerprint density at radius 1 is 1.31 bits per heavy atom. The molecule has 0 N–H and O–H groups in total. The zero-order valence-electron chi connectivity index (χ0n) is 10.3. The molecule has 2 nitrogen and oxygen atoms in total. The molecule has 0 aromatic heterocycles. The highest BCUT2D eigenvalue weighted by molar-refractivity contribution is 7.99. The maximum Gasteiger partial charge on any atom is 0.246 e. The fourth-order valence-corrected chi connectivity index (χ4v) is 2.70. The number of carbonyl (C=O) groups is 1. The van der Waals surface area contributed by atoms with Crippen molar-refractivity contribution in [3.63, 3.8) is 0 Å². The zero-order valence-corrected chi connectivity index (χ0v) is 11.1. The first-order valence-electron chi connectivity index (χ1n) is 6.37. The Morgan fingerprint density at radius 2 is 2.12 bits per heavy atom. The molecule has 0 aromatic carbocycles. The number of carbonyl (C=O) groups excluding carboxylic acids is 1. The Balaban J connectivity index is 2.00. The third-order valence-electron chi connectivity index (χ3n) is 2.80. The van der Waals surface area contributed by atoms with E-state index >= 15 is 0 Å². The van der Waals surface area contributed by atoms with E-state index < -0.39 is 0 Å². The number of hydrogen-bond acceptors (Lipinski definition) is 2. The van der Waals surface area contributed by atoms with Crippen molar-refractivity contribution in [2.75, 3.05) is 18.2 Å². The first-order valence-corrected chi connectivity index (χ1v) is 7.53. The van der Waals surface area contributed by atoms with Crippen molar-refractivity contribution in [2.24, 2.45) is 0 Å². The zero-order chi connectivity index (χ0) is 11.6. The van der Waals surface area contributed by atoms with Gasteiger partial charge in [0.2, 0.25) is 5.91 Å². The minimum Gasteiger partial charge on any atom is -0.329 e. The molecule has 1 heterocycles.